The van der Waals surface area contributed by atoms with Gasteiger partial charge >= 0.3 is 6.18 Å². The predicted molar refractivity (Wildman–Crippen MR) is 90.6 cm³/mol. The molecule has 9 heteroatoms. The smallest absolute Gasteiger partial charge is 0.325 e. The number of nitrogens with zero attached hydrogens (tertiary/aromatic N) is 3. The molecular formula is C16H19F3N4OS. The highest BCUT2D eigenvalue weighted by molar-refractivity contribution is 7.99. The molecular weight excluding hydrogens is 353 g/mol. The van der Waals surface area contributed by atoms with Crippen LogP contribution in [0.25, 0.3) is 0 Å². The molecule has 0 saturated carbocycles. The van der Waals surface area contributed by atoms with Crippen molar-refractivity contribution in [2.45, 2.75) is 38.0 Å². The fourth-order valence-electron chi connectivity index (χ4n) is 2.40. The monoisotopic (exact) mass is 372 g/mol. The summed E-state index contributed by atoms with van der Waals surface area (Å²) < 4.78 is 39.0. The number of alkyl halides is 3. The number of aromatic nitrogens is 3. The minimum Gasteiger partial charge on any atom is -0.325 e. The summed E-state index contributed by atoms with van der Waals surface area (Å²) in [5.41, 5.74) is 2.83. The summed E-state index contributed by atoms with van der Waals surface area (Å²) in [4.78, 5) is 12.2. The minimum atomic E-state index is -4.57. The molecule has 0 saturated heterocycles. The zero-order valence-electron chi connectivity index (χ0n) is 14.1. The molecule has 0 spiro atoms. The van der Waals surface area contributed by atoms with Crippen LogP contribution in [-0.2, 0) is 30.9 Å². The first-order valence-electron chi connectivity index (χ1n) is 7.77. The van der Waals surface area contributed by atoms with Crippen molar-refractivity contribution in [1.29, 1.82) is 0 Å². The van der Waals surface area contributed by atoms with Gasteiger partial charge in [-0.05, 0) is 24.0 Å². The highest BCUT2D eigenvalue weighted by Gasteiger charge is 2.37. The van der Waals surface area contributed by atoms with Crippen molar-refractivity contribution < 1.29 is 18.0 Å². The lowest BCUT2D eigenvalue weighted by Crippen LogP contribution is -2.17. The molecule has 1 aromatic carbocycles. The fourth-order valence-corrected chi connectivity index (χ4v) is 3.11. The standard InChI is InChI=1S/C16H19F3N4OS/c1-4-10-7-6-8-11(5-2)13(10)20-12(24)9-25-15-22-21-14(23(15)3)16(17,18)19/h6-8H,4-5,9H2,1-3H3,(H,20,24). The Morgan fingerprint density at radius 3 is 2.28 bits per heavy atom. The summed E-state index contributed by atoms with van der Waals surface area (Å²) in [5, 5.41) is 9.56. The molecule has 2 rings (SSSR count). The van der Waals surface area contributed by atoms with E-state index in [0.29, 0.717) is 0 Å². The summed E-state index contributed by atoms with van der Waals surface area (Å²) in [6.07, 6.45) is -3.03. The van der Waals surface area contributed by atoms with Crippen molar-refractivity contribution in [2.24, 2.45) is 7.05 Å². The van der Waals surface area contributed by atoms with Gasteiger partial charge in [0.2, 0.25) is 11.7 Å². The zero-order chi connectivity index (χ0) is 18.6. The van der Waals surface area contributed by atoms with Gasteiger partial charge in [0, 0.05) is 12.7 Å². The summed E-state index contributed by atoms with van der Waals surface area (Å²) in [6, 6.07) is 5.83. The Bertz CT molecular complexity index is 736. The number of hydrogen-bond acceptors (Lipinski definition) is 4. The van der Waals surface area contributed by atoms with Crippen LogP contribution in [0.1, 0.15) is 30.8 Å². The van der Waals surface area contributed by atoms with Gasteiger partial charge in [0.1, 0.15) is 0 Å². The van der Waals surface area contributed by atoms with Crippen LogP contribution >= 0.6 is 11.8 Å². The number of aryl methyl sites for hydroxylation is 2. The van der Waals surface area contributed by atoms with Crippen LogP contribution in [0.4, 0.5) is 18.9 Å². The predicted octanol–water partition coefficient (Wildman–Crippen LogP) is 3.69. The lowest BCUT2D eigenvalue weighted by molar-refractivity contribution is -0.147. The number of benzene rings is 1. The van der Waals surface area contributed by atoms with E-state index in [4.69, 9.17) is 0 Å². The second-order valence-corrected chi connectivity index (χ2v) is 6.30. The van der Waals surface area contributed by atoms with Crippen LogP contribution in [-0.4, -0.2) is 26.4 Å². The summed E-state index contributed by atoms with van der Waals surface area (Å²) in [6.45, 7) is 3.99. The Kier molecular flexibility index (Phi) is 6.10. The third-order valence-corrected chi connectivity index (χ3v) is 4.70. The second-order valence-electron chi connectivity index (χ2n) is 5.36. The van der Waals surface area contributed by atoms with Crippen LogP contribution < -0.4 is 5.32 Å². The van der Waals surface area contributed by atoms with Gasteiger partial charge in [-0.3, -0.25) is 4.79 Å². The number of nitrogens with one attached hydrogen (secondary N) is 1. The number of rotatable bonds is 6. The van der Waals surface area contributed by atoms with E-state index in [-0.39, 0.29) is 16.8 Å². The van der Waals surface area contributed by atoms with Crippen molar-refractivity contribution in [3.05, 3.63) is 35.2 Å². The van der Waals surface area contributed by atoms with E-state index in [1.807, 2.05) is 32.0 Å². The van der Waals surface area contributed by atoms with Gasteiger partial charge in [-0.25, -0.2) is 0 Å². The number of carbonyl (C=O) groups is 1. The quantitative estimate of drug-likeness (QED) is 0.786. The van der Waals surface area contributed by atoms with E-state index >= 15 is 0 Å². The molecule has 1 heterocycles. The maximum atomic E-state index is 12.7. The molecule has 0 aliphatic heterocycles. The lowest BCUT2D eigenvalue weighted by Gasteiger charge is -2.14. The molecule has 1 amide bonds. The Morgan fingerprint density at radius 2 is 1.80 bits per heavy atom. The number of hydrogen-bond donors (Lipinski definition) is 1. The van der Waals surface area contributed by atoms with E-state index in [1.54, 1.807) is 0 Å². The van der Waals surface area contributed by atoms with Gasteiger partial charge < -0.3 is 9.88 Å². The largest absolute Gasteiger partial charge is 0.451 e. The van der Waals surface area contributed by atoms with Crippen LogP contribution in [0, 0.1) is 0 Å². The maximum Gasteiger partial charge on any atom is 0.451 e. The van der Waals surface area contributed by atoms with Crippen LogP contribution in [0.3, 0.4) is 0 Å². The van der Waals surface area contributed by atoms with Gasteiger partial charge in [-0.15, -0.1) is 10.2 Å². The first kappa shape index (κ1) is 19.3. The molecule has 1 N–H and O–H groups in total. The highest BCUT2D eigenvalue weighted by Crippen LogP contribution is 2.29. The lowest BCUT2D eigenvalue weighted by atomic mass is 10.0. The molecule has 2 aromatic rings. The number of amides is 1. The summed E-state index contributed by atoms with van der Waals surface area (Å²) >= 11 is 0.916. The average molecular weight is 372 g/mol. The zero-order valence-corrected chi connectivity index (χ0v) is 15.0. The van der Waals surface area contributed by atoms with Crippen LogP contribution in [0.5, 0.6) is 0 Å². The molecule has 0 fully saturated rings. The van der Waals surface area contributed by atoms with Crippen molar-refractivity contribution >= 4 is 23.4 Å². The van der Waals surface area contributed by atoms with Crippen molar-refractivity contribution in [1.82, 2.24) is 14.8 Å². The molecule has 136 valence electrons. The van der Waals surface area contributed by atoms with Gasteiger partial charge in [-0.1, -0.05) is 43.8 Å². The number of para-hydroxylation sites is 1. The van der Waals surface area contributed by atoms with Gasteiger partial charge in [-0.2, -0.15) is 13.2 Å². The second kappa shape index (κ2) is 7.90. The number of thioether (sulfide) groups is 1. The number of anilines is 1. The van der Waals surface area contributed by atoms with E-state index in [1.165, 1.54) is 7.05 Å². The Labute approximate surface area is 148 Å². The molecule has 0 aliphatic carbocycles. The molecule has 0 bridgehead atoms. The first-order chi connectivity index (χ1) is 11.8. The van der Waals surface area contributed by atoms with Crippen molar-refractivity contribution in [2.75, 3.05) is 11.1 Å². The van der Waals surface area contributed by atoms with Gasteiger partial charge in [0.05, 0.1) is 5.75 Å². The highest BCUT2D eigenvalue weighted by atomic mass is 32.2. The Hall–Kier alpha value is -2.03. The molecule has 25 heavy (non-hydrogen) atoms. The Balaban J connectivity index is 2.07. The third-order valence-electron chi connectivity index (χ3n) is 3.68. The molecule has 1 aromatic heterocycles. The van der Waals surface area contributed by atoms with Gasteiger partial charge in [0.15, 0.2) is 5.16 Å². The average Bonchev–Trinajstić information content (AvgIpc) is 2.94. The normalized spacial score (nSPS) is 11.6. The summed E-state index contributed by atoms with van der Waals surface area (Å²) in [7, 11) is 1.23. The topological polar surface area (TPSA) is 59.8 Å². The van der Waals surface area contributed by atoms with E-state index in [2.05, 4.69) is 15.5 Å². The van der Waals surface area contributed by atoms with Gasteiger partial charge in [0.25, 0.3) is 0 Å². The Morgan fingerprint density at radius 1 is 1.20 bits per heavy atom. The molecule has 0 unspecified atom stereocenters. The first-order valence-corrected chi connectivity index (χ1v) is 8.76. The third kappa shape index (κ3) is 4.53. The van der Waals surface area contributed by atoms with E-state index < -0.39 is 12.0 Å². The minimum absolute atomic E-state index is 0.0435. The fraction of sp³-hybridized carbons (Fsp3) is 0.438. The van der Waals surface area contributed by atoms with Crippen molar-refractivity contribution in [3.63, 3.8) is 0 Å². The molecule has 0 aliphatic rings. The van der Waals surface area contributed by atoms with E-state index in [9.17, 15) is 18.0 Å². The SMILES string of the molecule is CCc1cccc(CC)c1NC(=O)CSc1nnc(C(F)(F)F)n1C. The van der Waals surface area contributed by atoms with E-state index in [0.717, 1.165) is 46.0 Å². The van der Waals surface area contributed by atoms with Crippen molar-refractivity contribution in [3.8, 4) is 0 Å². The summed E-state index contributed by atoms with van der Waals surface area (Å²) in [5.74, 6) is -1.43. The number of halogens is 3. The molecule has 0 radical (unpaired) electrons. The molecule has 0 atom stereocenters. The van der Waals surface area contributed by atoms with Crippen LogP contribution in [0.2, 0.25) is 0 Å². The maximum absolute atomic E-state index is 12.7. The molecule has 5 nitrogen and oxygen atoms in total. The van der Waals surface area contributed by atoms with Crippen LogP contribution in [0.15, 0.2) is 23.4 Å². The number of carbonyl (C=O) groups excluding carboxylic acids is 1.